The van der Waals surface area contributed by atoms with Crippen molar-refractivity contribution in [2.24, 2.45) is 0 Å². The highest BCUT2D eigenvalue weighted by Gasteiger charge is 2.34. The van der Waals surface area contributed by atoms with Crippen molar-refractivity contribution in [3.63, 3.8) is 0 Å². The molecule has 4 rings (SSSR count). The number of hydrogen-bond acceptors (Lipinski definition) is 6. The topological polar surface area (TPSA) is 107 Å². The van der Waals surface area contributed by atoms with Crippen LogP contribution < -0.4 is 4.74 Å². The van der Waals surface area contributed by atoms with E-state index in [0.717, 1.165) is 11.0 Å². The Kier molecular flexibility index (Phi) is 5.28. The lowest BCUT2D eigenvalue weighted by atomic mass is 10.0. The standard InChI is InChI=1S/C23H16N2O6/c26-21(15-6-2-1-3-7-15)19-14-16(25(29)30)10-11-20(19)31-13-12-24-22(27)17-8-4-5-9-18(17)23(24)28/h1-11,14H,12-13H2. The van der Waals surface area contributed by atoms with Crippen LogP contribution in [0.1, 0.15) is 36.6 Å². The lowest BCUT2D eigenvalue weighted by Gasteiger charge is -2.16. The summed E-state index contributed by atoms with van der Waals surface area (Å²) >= 11 is 0. The number of amides is 2. The summed E-state index contributed by atoms with van der Waals surface area (Å²) in [4.78, 5) is 49.4. The molecule has 0 unspecified atom stereocenters. The molecule has 8 nitrogen and oxygen atoms in total. The molecule has 0 atom stereocenters. The number of ketones is 1. The van der Waals surface area contributed by atoms with Gasteiger partial charge in [0.15, 0.2) is 5.78 Å². The monoisotopic (exact) mass is 416 g/mol. The molecular weight excluding hydrogens is 400 g/mol. The van der Waals surface area contributed by atoms with E-state index < -0.39 is 22.5 Å². The van der Waals surface area contributed by atoms with E-state index in [4.69, 9.17) is 4.74 Å². The molecule has 8 heteroatoms. The van der Waals surface area contributed by atoms with Crippen molar-refractivity contribution in [2.75, 3.05) is 13.2 Å². The van der Waals surface area contributed by atoms with E-state index in [1.54, 1.807) is 54.6 Å². The molecule has 1 heterocycles. The van der Waals surface area contributed by atoms with E-state index >= 15 is 0 Å². The number of nitro benzene ring substituents is 1. The number of hydrogen-bond donors (Lipinski definition) is 0. The quantitative estimate of drug-likeness (QED) is 0.253. The van der Waals surface area contributed by atoms with E-state index in [0.29, 0.717) is 16.7 Å². The summed E-state index contributed by atoms with van der Waals surface area (Å²) in [6, 6.07) is 18.6. The van der Waals surface area contributed by atoms with Gasteiger partial charge in [-0.15, -0.1) is 0 Å². The minimum Gasteiger partial charge on any atom is -0.491 e. The van der Waals surface area contributed by atoms with Crippen molar-refractivity contribution in [1.29, 1.82) is 0 Å². The fourth-order valence-electron chi connectivity index (χ4n) is 3.37. The molecule has 0 aromatic heterocycles. The Morgan fingerprint density at radius 1 is 0.903 bits per heavy atom. The lowest BCUT2D eigenvalue weighted by molar-refractivity contribution is -0.384. The number of imide groups is 1. The van der Waals surface area contributed by atoms with Gasteiger partial charge in [0.1, 0.15) is 12.4 Å². The van der Waals surface area contributed by atoms with Gasteiger partial charge in [0.05, 0.1) is 28.2 Å². The number of nitro groups is 1. The van der Waals surface area contributed by atoms with Crippen LogP contribution in [0.2, 0.25) is 0 Å². The average Bonchev–Trinajstić information content (AvgIpc) is 3.04. The minimum absolute atomic E-state index is 0.0255. The molecule has 0 saturated carbocycles. The molecule has 1 aliphatic rings. The van der Waals surface area contributed by atoms with Crippen LogP contribution in [0.5, 0.6) is 5.75 Å². The van der Waals surface area contributed by atoms with E-state index in [9.17, 15) is 24.5 Å². The number of fused-ring (bicyclic) bond motifs is 1. The lowest BCUT2D eigenvalue weighted by Crippen LogP contribution is -2.33. The van der Waals surface area contributed by atoms with Crippen LogP contribution in [-0.4, -0.2) is 40.6 Å². The van der Waals surface area contributed by atoms with Crippen molar-refractivity contribution < 1.29 is 24.0 Å². The average molecular weight is 416 g/mol. The Morgan fingerprint density at radius 3 is 2.13 bits per heavy atom. The maximum Gasteiger partial charge on any atom is 0.270 e. The summed E-state index contributed by atoms with van der Waals surface area (Å²) in [7, 11) is 0. The van der Waals surface area contributed by atoms with Crippen LogP contribution >= 0.6 is 0 Å². The van der Waals surface area contributed by atoms with Gasteiger partial charge in [-0.1, -0.05) is 42.5 Å². The van der Waals surface area contributed by atoms with Crippen molar-refractivity contribution in [2.45, 2.75) is 0 Å². The molecule has 0 bridgehead atoms. The van der Waals surface area contributed by atoms with E-state index in [2.05, 4.69) is 0 Å². The molecule has 0 fully saturated rings. The molecule has 0 N–H and O–H groups in total. The van der Waals surface area contributed by atoms with Gasteiger partial charge in [-0.2, -0.15) is 0 Å². The molecule has 0 aliphatic carbocycles. The highest BCUT2D eigenvalue weighted by molar-refractivity contribution is 6.21. The van der Waals surface area contributed by atoms with Crippen molar-refractivity contribution in [3.8, 4) is 5.75 Å². The first-order chi connectivity index (χ1) is 15.0. The van der Waals surface area contributed by atoms with E-state index in [1.165, 1.54) is 12.1 Å². The van der Waals surface area contributed by atoms with Gasteiger partial charge in [-0.3, -0.25) is 29.4 Å². The number of ether oxygens (including phenoxy) is 1. The van der Waals surface area contributed by atoms with Crippen molar-refractivity contribution >= 4 is 23.3 Å². The summed E-state index contributed by atoms with van der Waals surface area (Å²) in [6.45, 7) is -0.0966. The zero-order valence-electron chi connectivity index (χ0n) is 16.2. The van der Waals surface area contributed by atoms with Gasteiger partial charge in [0.25, 0.3) is 17.5 Å². The van der Waals surface area contributed by atoms with Gasteiger partial charge < -0.3 is 4.74 Å². The normalized spacial score (nSPS) is 12.6. The predicted octanol–water partition coefficient (Wildman–Crippen LogP) is 3.50. The summed E-state index contributed by atoms with van der Waals surface area (Å²) in [5.41, 5.74) is 0.813. The number of benzene rings is 3. The Balaban J connectivity index is 1.54. The summed E-state index contributed by atoms with van der Waals surface area (Å²) in [5, 5.41) is 11.2. The summed E-state index contributed by atoms with van der Waals surface area (Å²) in [6.07, 6.45) is 0. The third-order valence-electron chi connectivity index (χ3n) is 4.91. The first-order valence-corrected chi connectivity index (χ1v) is 9.43. The number of nitrogens with zero attached hydrogens (tertiary/aromatic N) is 2. The number of non-ortho nitro benzene ring substituents is 1. The smallest absolute Gasteiger partial charge is 0.270 e. The summed E-state index contributed by atoms with van der Waals surface area (Å²) in [5.74, 6) is -1.11. The van der Waals surface area contributed by atoms with Gasteiger partial charge in [0, 0.05) is 17.7 Å². The Hall–Kier alpha value is -4.33. The second kappa shape index (κ2) is 8.19. The van der Waals surface area contributed by atoms with Gasteiger partial charge in [-0.25, -0.2) is 0 Å². The fourth-order valence-corrected chi connectivity index (χ4v) is 3.37. The first-order valence-electron chi connectivity index (χ1n) is 9.43. The van der Waals surface area contributed by atoms with Gasteiger partial charge in [0.2, 0.25) is 0 Å². The van der Waals surface area contributed by atoms with E-state index in [1.807, 2.05) is 0 Å². The predicted molar refractivity (Wildman–Crippen MR) is 110 cm³/mol. The zero-order chi connectivity index (χ0) is 22.0. The van der Waals surface area contributed by atoms with Crippen LogP contribution in [0.15, 0.2) is 72.8 Å². The molecule has 3 aromatic rings. The van der Waals surface area contributed by atoms with Gasteiger partial charge >= 0.3 is 0 Å². The SMILES string of the molecule is O=C(c1ccccc1)c1cc([N+](=O)[O-])ccc1OCCN1C(=O)c2ccccc2C1=O. The van der Waals surface area contributed by atoms with Crippen LogP contribution in [-0.2, 0) is 0 Å². The van der Waals surface area contributed by atoms with Crippen LogP contribution in [0, 0.1) is 10.1 Å². The largest absolute Gasteiger partial charge is 0.491 e. The number of rotatable bonds is 7. The number of carbonyl (C=O) groups is 3. The van der Waals surface area contributed by atoms with Crippen molar-refractivity contribution in [3.05, 3.63) is 105 Å². The van der Waals surface area contributed by atoms with Crippen LogP contribution in [0.3, 0.4) is 0 Å². The van der Waals surface area contributed by atoms with Crippen molar-refractivity contribution in [1.82, 2.24) is 4.90 Å². The molecular formula is C23H16N2O6. The Morgan fingerprint density at radius 2 is 1.52 bits per heavy atom. The molecule has 0 radical (unpaired) electrons. The molecule has 154 valence electrons. The highest BCUT2D eigenvalue weighted by Crippen LogP contribution is 2.27. The molecule has 31 heavy (non-hydrogen) atoms. The maximum absolute atomic E-state index is 12.9. The Bertz CT molecular complexity index is 1170. The third kappa shape index (κ3) is 3.78. The second-order valence-corrected chi connectivity index (χ2v) is 6.79. The van der Waals surface area contributed by atoms with Crippen LogP contribution in [0.25, 0.3) is 0 Å². The second-order valence-electron chi connectivity index (χ2n) is 6.79. The molecule has 3 aromatic carbocycles. The fraction of sp³-hybridized carbons (Fsp3) is 0.0870. The maximum atomic E-state index is 12.9. The minimum atomic E-state index is -0.593. The molecule has 0 saturated heterocycles. The molecule has 0 spiro atoms. The van der Waals surface area contributed by atoms with Gasteiger partial charge in [-0.05, 0) is 18.2 Å². The molecule has 1 aliphatic heterocycles. The number of carbonyl (C=O) groups excluding carboxylic acids is 3. The van der Waals surface area contributed by atoms with E-state index in [-0.39, 0.29) is 30.2 Å². The van der Waals surface area contributed by atoms with Crippen LogP contribution in [0.4, 0.5) is 5.69 Å². The Labute approximate surface area is 176 Å². The zero-order valence-corrected chi connectivity index (χ0v) is 16.2. The molecule has 2 amide bonds. The first kappa shape index (κ1) is 20.0. The highest BCUT2D eigenvalue weighted by atomic mass is 16.6. The summed E-state index contributed by atoms with van der Waals surface area (Å²) < 4.78 is 5.68. The third-order valence-corrected chi connectivity index (χ3v) is 4.91.